The molecule has 0 saturated heterocycles. The van der Waals surface area contributed by atoms with Gasteiger partial charge in [0.1, 0.15) is 12.4 Å². The number of nitrogens with zero attached hydrogens (tertiary/aromatic N) is 3. The third-order valence-electron chi connectivity index (χ3n) is 2.16. The van der Waals surface area contributed by atoms with Crippen LogP contribution in [0.2, 0.25) is 4.47 Å². The number of rotatable bonds is 5. The molecule has 0 amide bonds. The third-order valence-corrected chi connectivity index (χ3v) is 3.15. The summed E-state index contributed by atoms with van der Waals surface area (Å²) in [4.78, 5) is 10.3. The lowest BCUT2D eigenvalue weighted by Gasteiger charge is -2.06. The number of hydrogen-bond donors (Lipinski definition) is 0. The van der Waals surface area contributed by atoms with Crippen LogP contribution < -0.4 is 9.47 Å². The van der Waals surface area contributed by atoms with Crippen molar-refractivity contribution in [2.45, 2.75) is 6.61 Å². The van der Waals surface area contributed by atoms with Crippen LogP contribution in [-0.4, -0.2) is 22.2 Å². The normalized spacial score (nSPS) is 10.2. The zero-order chi connectivity index (χ0) is 13.8. The largest absolute Gasteiger partial charge is 0.497 e. The van der Waals surface area contributed by atoms with Crippen molar-refractivity contribution >= 4 is 28.6 Å². The Bertz CT molecular complexity index is 604. The van der Waals surface area contributed by atoms with Gasteiger partial charge in [-0.3, -0.25) is 10.1 Å². The summed E-state index contributed by atoms with van der Waals surface area (Å²) in [6, 6.07) is 4.26. The fraction of sp³-hybridized carbons (Fsp3) is 0.200. The van der Waals surface area contributed by atoms with E-state index in [4.69, 9.17) is 21.1 Å². The maximum atomic E-state index is 10.9. The van der Waals surface area contributed by atoms with E-state index in [9.17, 15) is 10.1 Å². The maximum absolute atomic E-state index is 10.9. The molecule has 2 aromatic rings. The molecule has 2 rings (SSSR count). The fourth-order valence-electron chi connectivity index (χ4n) is 1.32. The smallest absolute Gasteiger partial charge is 0.311 e. The fourth-order valence-corrected chi connectivity index (χ4v) is 2.10. The Morgan fingerprint density at radius 2 is 2.26 bits per heavy atom. The van der Waals surface area contributed by atoms with Gasteiger partial charge in [-0.2, -0.15) is 0 Å². The van der Waals surface area contributed by atoms with Crippen LogP contribution in [0.15, 0.2) is 18.2 Å². The standard InChI is InChI=1S/C10H8ClN3O4S/c1-17-6-2-3-7(14(15)16)8(4-6)18-5-9-12-13-10(11)19-9/h2-4H,5H2,1H3. The predicted octanol–water partition coefficient (Wildman–Crippen LogP) is 2.69. The number of methoxy groups -OCH3 is 1. The number of nitro benzene ring substituents is 1. The molecule has 9 heteroatoms. The number of benzene rings is 1. The van der Waals surface area contributed by atoms with Crippen molar-refractivity contribution in [3.8, 4) is 11.5 Å². The molecule has 0 aliphatic carbocycles. The van der Waals surface area contributed by atoms with Gasteiger partial charge in [-0.1, -0.05) is 11.3 Å². The van der Waals surface area contributed by atoms with E-state index >= 15 is 0 Å². The van der Waals surface area contributed by atoms with E-state index in [1.54, 1.807) is 0 Å². The van der Waals surface area contributed by atoms with Gasteiger partial charge in [-0.15, -0.1) is 10.2 Å². The predicted molar refractivity (Wildman–Crippen MR) is 68.9 cm³/mol. The molecule has 0 aliphatic rings. The Balaban J connectivity index is 2.19. The van der Waals surface area contributed by atoms with Gasteiger partial charge in [-0.05, 0) is 17.7 Å². The van der Waals surface area contributed by atoms with Gasteiger partial charge in [-0.25, -0.2) is 0 Å². The van der Waals surface area contributed by atoms with E-state index in [0.29, 0.717) is 15.2 Å². The lowest BCUT2D eigenvalue weighted by Crippen LogP contribution is -1.99. The second kappa shape index (κ2) is 5.81. The van der Waals surface area contributed by atoms with Crippen molar-refractivity contribution in [2.75, 3.05) is 7.11 Å². The molecule has 0 radical (unpaired) electrons. The van der Waals surface area contributed by atoms with Crippen molar-refractivity contribution in [3.05, 3.63) is 37.8 Å². The summed E-state index contributed by atoms with van der Waals surface area (Å²) >= 11 is 6.78. The molecule has 0 atom stereocenters. The van der Waals surface area contributed by atoms with Crippen LogP contribution in [-0.2, 0) is 6.61 Å². The summed E-state index contributed by atoms with van der Waals surface area (Å²) in [5, 5.41) is 18.8. The minimum Gasteiger partial charge on any atom is -0.497 e. The van der Waals surface area contributed by atoms with Crippen LogP contribution >= 0.6 is 22.9 Å². The van der Waals surface area contributed by atoms with Gasteiger partial charge in [0.2, 0.25) is 10.2 Å². The third kappa shape index (κ3) is 3.30. The number of hydrogen-bond acceptors (Lipinski definition) is 7. The van der Waals surface area contributed by atoms with E-state index in [1.807, 2.05) is 0 Å². The van der Waals surface area contributed by atoms with E-state index in [1.165, 1.54) is 25.3 Å². The molecule has 100 valence electrons. The van der Waals surface area contributed by atoms with Crippen molar-refractivity contribution in [2.24, 2.45) is 0 Å². The first-order valence-electron chi connectivity index (χ1n) is 5.03. The average Bonchev–Trinajstić information content (AvgIpc) is 2.81. The van der Waals surface area contributed by atoms with E-state index in [-0.39, 0.29) is 18.0 Å². The van der Waals surface area contributed by atoms with Crippen molar-refractivity contribution in [3.63, 3.8) is 0 Å². The average molecular weight is 302 g/mol. The highest BCUT2D eigenvalue weighted by molar-refractivity contribution is 7.15. The number of halogens is 1. The molecule has 1 heterocycles. The monoisotopic (exact) mass is 301 g/mol. The lowest BCUT2D eigenvalue weighted by molar-refractivity contribution is -0.386. The summed E-state index contributed by atoms with van der Waals surface area (Å²) in [7, 11) is 1.47. The molecule has 1 aromatic heterocycles. The molecule has 0 aliphatic heterocycles. The number of aromatic nitrogens is 2. The van der Waals surface area contributed by atoms with Gasteiger partial charge < -0.3 is 9.47 Å². The Morgan fingerprint density at radius 1 is 1.47 bits per heavy atom. The molecule has 1 aromatic carbocycles. The Labute approximate surface area is 116 Å². The molecule has 19 heavy (non-hydrogen) atoms. The molecule has 0 unspecified atom stereocenters. The Morgan fingerprint density at radius 3 is 2.84 bits per heavy atom. The van der Waals surface area contributed by atoms with E-state index in [0.717, 1.165) is 11.3 Å². The minimum atomic E-state index is -0.526. The molecule has 7 nitrogen and oxygen atoms in total. The zero-order valence-electron chi connectivity index (χ0n) is 9.70. The second-order valence-corrected chi connectivity index (χ2v) is 4.97. The number of ether oxygens (including phenoxy) is 2. The van der Waals surface area contributed by atoms with Crippen LogP contribution in [0, 0.1) is 10.1 Å². The highest BCUT2D eigenvalue weighted by Crippen LogP contribution is 2.31. The summed E-state index contributed by atoms with van der Waals surface area (Å²) < 4.78 is 10.7. The molecule has 0 saturated carbocycles. The Kier molecular flexibility index (Phi) is 4.13. The first kappa shape index (κ1) is 13.5. The molecule has 0 bridgehead atoms. The first-order chi connectivity index (χ1) is 9.10. The first-order valence-corrected chi connectivity index (χ1v) is 6.22. The van der Waals surface area contributed by atoms with Gasteiger partial charge in [0, 0.05) is 12.1 Å². The van der Waals surface area contributed by atoms with Crippen molar-refractivity contribution in [1.29, 1.82) is 0 Å². The van der Waals surface area contributed by atoms with Crippen LogP contribution in [0.5, 0.6) is 11.5 Å². The van der Waals surface area contributed by atoms with Gasteiger partial charge in [0.05, 0.1) is 12.0 Å². The Hall–Kier alpha value is -1.93. The zero-order valence-corrected chi connectivity index (χ0v) is 11.3. The highest BCUT2D eigenvalue weighted by Gasteiger charge is 2.16. The summed E-state index contributed by atoms with van der Waals surface area (Å²) in [6.07, 6.45) is 0. The second-order valence-electron chi connectivity index (χ2n) is 3.33. The van der Waals surface area contributed by atoms with Crippen LogP contribution in [0.25, 0.3) is 0 Å². The number of nitro groups is 1. The topological polar surface area (TPSA) is 87.4 Å². The summed E-state index contributed by atoms with van der Waals surface area (Å²) in [5.41, 5.74) is -0.142. The van der Waals surface area contributed by atoms with E-state index < -0.39 is 4.92 Å². The van der Waals surface area contributed by atoms with Crippen LogP contribution in [0.3, 0.4) is 0 Å². The van der Waals surface area contributed by atoms with Gasteiger partial charge in [0.25, 0.3) is 0 Å². The lowest BCUT2D eigenvalue weighted by atomic mass is 10.3. The van der Waals surface area contributed by atoms with E-state index in [2.05, 4.69) is 10.2 Å². The maximum Gasteiger partial charge on any atom is 0.311 e. The molecular weight excluding hydrogens is 294 g/mol. The van der Waals surface area contributed by atoms with Gasteiger partial charge >= 0.3 is 5.69 Å². The molecule has 0 N–H and O–H groups in total. The minimum absolute atomic E-state index is 0.0540. The summed E-state index contributed by atoms with van der Waals surface area (Å²) in [5.74, 6) is 0.576. The van der Waals surface area contributed by atoms with Crippen LogP contribution in [0.1, 0.15) is 5.01 Å². The quantitative estimate of drug-likeness (QED) is 0.623. The SMILES string of the molecule is COc1ccc([N+](=O)[O-])c(OCc2nnc(Cl)s2)c1. The van der Waals surface area contributed by atoms with Gasteiger partial charge in [0.15, 0.2) is 5.01 Å². The molecular formula is C10H8ClN3O4S. The molecule has 0 fully saturated rings. The van der Waals surface area contributed by atoms with Crippen LogP contribution in [0.4, 0.5) is 5.69 Å². The van der Waals surface area contributed by atoms with Crippen molar-refractivity contribution < 1.29 is 14.4 Å². The van der Waals surface area contributed by atoms with Crippen molar-refractivity contribution in [1.82, 2.24) is 10.2 Å². The molecule has 0 spiro atoms. The summed E-state index contributed by atoms with van der Waals surface area (Å²) in [6.45, 7) is 0.0540. The highest BCUT2D eigenvalue weighted by atomic mass is 35.5.